The first-order valence-electron chi connectivity index (χ1n) is 6.54. The molecule has 0 aromatic heterocycles. The Hall–Kier alpha value is -0.0800. The lowest BCUT2D eigenvalue weighted by Crippen LogP contribution is -2.51. The van der Waals surface area contributed by atoms with Gasteiger partial charge in [-0.3, -0.25) is 0 Å². The summed E-state index contributed by atoms with van der Waals surface area (Å²) in [6, 6.07) is 0. The predicted octanol–water partition coefficient (Wildman–Crippen LogP) is 1.98. The van der Waals surface area contributed by atoms with Gasteiger partial charge < -0.3 is 10.0 Å². The molecule has 2 aliphatic rings. The Morgan fingerprint density at radius 1 is 1.20 bits per heavy atom. The molecule has 2 nitrogen and oxygen atoms in total. The van der Waals surface area contributed by atoms with E-state index in [0.29, 0.717) is 12.5 Å². The Morgan fingerprint density at radius 3 is 2.47 bits per heavy atom. The smallest absolute Gasteiger partial charge is 0.0462 e. The van der Waals surface area contributed by atoms with Crippen LogP contribution in [0.15, 0.2) is 0 Å². The van der Waals surface area contributed by atoms with Gasteiger partial charge in [0.25, 0.3) is 0 Å². The third-order valence-electron chi connectivity index (χ3n) is 4.47. The van der Waals surface area contributed by atoms with E-state index >= 15 is 0 Å². The summed E-state index contributed by atoms with van der Waals surface area (Å²) in [7, 11) is 0. The number of hydrogen-bond acceptors (Lipinski definition) is 2. The molecule has 1 saturated heterocycles. The van der Waals surface area contributed by atoms with Gasteiger partial charge in [-0.05, 0) is 36.5 Å². The average molecular weight is 211 g/mol. The number of aliphatic hydroxyl groups is 1. The summed E-state index contributed by atoms with van der Waals surface area (Å²) in [5.74, 6) is 3.16. The zero-order chi connectivity index (χ0) is 10.8. The molecule has 1 saturated carbocycles. The lowest BCUT2D eigenvalue weighted by atomic mass is 9.86. The van der Waals surface area contributed by atoms with E-state index in [1.54, 1.807) is 0 Å². The normalized spacial score (nSPS) is 33.6. The van der Waals surface area contributed by atoms with Crippen LogP contribution in [0.1, 0.15) is 33.1 Å². The number of aliphatic hydroxyl groups excluding tert-OH is 1. The van der Waals surface area contributed by atoms with Crippen LogP contribution in [0.3, 0.4) is 0 Å². The molecule has 0 bridgehead atoms. The topological polar surface area (TPSA) is 23.5 Å². The first-order valence-corrected chi connectivity index (χ1v) is 6.54. The lowest BCUT2D eigenvalue weighted by Gasteiger charge is -2.43. The van der Waals surface area contributed by atoms with Crippen molar-refractivity contribution in [1.29, 1.82) is 0 Å². The van der Waals surface area contributed by atoms with Crippen molar-refractivity contribution >= 4 is 0 Å². The molecule has 1 heterocycles. The maximum absolute atomic E-state index is 9.26. The van der Waals surface area contributed by atoms with E-state index in [1.807, 2.05) is 0 Å². The summed E-state index contributed by atoms with van der Waals surface area (Å²) in [5.41, 5.74) is 0. The zero-order valence-electron chi connectivity index (χ0n) is 10.2. The molecule has 1 aliphatic carbocycles. The minimum absolute atomic E-state index is 0.409. The second-order valence-corrected chi connectivity index (χ2v) is 5.86. The molecule has 2 fully saturated rings. The van der Waals surface area contributed by atoms with Crippen molar-refractivity contribution in [1.82, 2.24) is 4.90 Å². The van der Waals surface area contributed by atoms with Crippen molar-refractivity contribution in [3.8, 4) is 0 Å². The SMILES string of the molecule is CC(C)C1CN(CC2CCCC2CO)C1. The minimum atomic E-state index is 0.409. The Bertz CT molecular complexity index is 199. The van der Waals surface area contributed by atoms with Crippen LogP contribution in [0, 0.1) is 23.7 Å². The van der Waals surface area contributed by atoms with E-state index in [1.165, 1.54) is 38.9 Å². The molecule has 0 amide bonds. The van der Waals surface area contributed by atoms with Gasteiger partial charge in [-0.15, -0.1) is 0 Å². The standard InChI is InChI=1S/C13H25NO/c1-10(2)13-7-14(8-13)6-11-4-3-5-12(11)9-15/h10-13,15H,3-9H2,1-2H3. The van der Waals surface area contributed by atoms with E-state index in [4.69, 9.17) is 0 Å². The van der Waals surface area contributed by atoms with Crippen LogP contribution >= 0.6 is 0 Å². The molecule has 2 heteroatoms. The monoisotopic (exact) mass is 211 g/mol. The zero-order valence-corrected chi connectivity index (χ0v) is 10.2. The van der Waals surface area contributed by atoms with Crippen molar-refractivity contribution in [2.24, 2.45) is 23.7 Å². The largest absolute Gasteiger partial charge is 0.396 e. The highest BCUT2D eigenvalue weighted by atomic mass is 16.3. The summed E-state index contributed by atoms with van der Waals surface area (Å²) in [5, 5.41) is 9.26. The molecule has 1 N–H and O–H groups in total. The van der Waals surface area contributed by atoms with Gasteiger partial charge in [0.05, 0.1) is 0 Å². The van der Waals surface area contributed by atoms with E-state index in [9.17, 15) is 5.11 Å². The molecular formula is C13H25NO. The van der Waals surface area contributed by atoms with Gasteiger partial charge in [-0.1, -0.05) is 20.3 Å². The third-order valence-corrected chi connectivity index (χ3v) is 4.47. The maximum atomic E-state index is 9.26. The Kier molecular flexibility index (Phi) is 3.68. The number of rotatable bonds is 4. The molecule has 0 radical (unpaired) electrons. The summed E-state index contributed by atoms with van der Waals surface area (Å²) >= 11 is 0. The first kappa shape index (κ1) is 11.4. The molecule has 0 spiro atoms. The summed E-state index contributed by atoms with van der Waals surface area (Å²) in [6.45, 7) is 8.90. The van der Waals surface area contributed by atoms with Crippen LogP contribution < -0.4 is 0 Å². The van der Waals surface area contributed by atoms with Crippen molar-refractivity contribution < 1.29 is 5.11 Å². The quantitative estimate of drug-likeness (QED) is 0.768. The summed E-state index contributed by atoms with van der Waals surface area (Å²) < 4.78 is 0. The van der Waals surface area contributed by atoms with Gasteiger partial charge in [-0.25, -0.2) is 0 Å². The molecule has 1 aliphatic heterocycles. The fourth-order valence-corrected chi connectivity index (χ4v) is 3.11. The highest BCUT2D eigenvalue weighted by molar-refractivity contribution is 4.86. The van der Waals surface area contributed by atoms with Crippen molar-refractivity contribution in [2.45, 2.75) is 33.1 Å². The van der Waals surface area contributed by atoms with E-state index in [0.717, 1.165) is 17.8 Å². The molecule has 15 heavy (non-hydrogen) atoms. The van der Waals surface area contributed by atoms with Crippen LogP contribution in [0.4, 0.5) is 0 Å². The molecule has 2 atom stereocenters. The van der Waals surface area contributed by atoms with Gasteiger partial charge in [-0.2, -0.15) is 0 Å². The fourth-order valence-electron chi connectivity index (χ4n) is 3.11. The van der Waals surface area contributed by atoms with Crippen molar-refractivity contribution in [3.63, 3.8) is 0 Å². The van der Waals surface area contributed by atoms with Crippen molar-refractivity contribution in [2.75, 3.05) is 26.2 Å². The van der Waals surface area contributed by atoms with Crippen LogP contribution in [0.5, 0.6) is 0 Å². The Labute approximate surface area is 93.7 Å². The third kappa shape index (κ3) is 2.54. The Morgan fingerprint density at radius 2 is 1.87 bits per heavy atom. The van der Waals surface area contributed by atoms with Crippen LogP contribution in [-0.4, -0.2) is 36.2 Å². The first-order chi connectivity index (χ1) is 7.20. The summed E-state index contributed by atoms with van der Waals surface area (Å²) in [4.78, 5) is 2.59. The van der Waals surface area contributed by atoms with Gasteiger partial charge >= 0.3 is 0 Å². The molecular weight excluding hydrogens is 186 g/mol. The molecule has 88 valence electrons. The fraction of sp³-hybridized carbons (Fsp3) is 1.00. The second kappa shape index (κ2) is 4.84. The van der Waals surface area contributed by atoms with E-state index in [-0.39, 0.29) is 0 Å². The highest BCUT2D eigenvalue weighted by Crippen LogP contribution is 2.34. The van der Waals surface area contributed by atoms with E-state index < -0.39 is 0 Å². The molecule has 2 unspecified atom stereocenters. The number of hydrogen-bond donors (Lipinski definition) is 1. The second-order valence-electron chi connectivity index (χ2n) is 5.86. The van der Waals surface area contributed by atoms with Gasteiger partial charge in [0.15, 0.2) is 0 Å². The van der Waals surface area contributed by atoms with Gasteiger partial charge in [0, 0.05) is 26.2 Å². The molecule has 2 rings (SSSR count). The molecule has 0 aromatic rings. The lowest BCUT2D eigenvalue weighted by molar-refractivity contribution is 0.0413. The number of likely N-dealkylation sites (tertiary alicyclic amines) is 1. The maximum Gasteiger partial charge on any atom is 0.0462 e. The van der Waals surface area contributed by atoms with Gasteiger partial charge in [0.2, 0.25) is 0 Å². The summed E-state index contributed by atoms with van der Waals surface area (Å²) in [6.07, 6.45) is 3.92. The van der Waals surface area contributed by atoms with Gasteiger partial charge in [0.1, 0.15) is 0 Å². The number of nitrogens with zero attached hydrogens (tertiary/aromatic N) is 1. The predicted molar refractivity (Wildman–Crippen MR) is 62.7 cm³/mol. The van der Waals surface area contributed by atoms with E-state index in [2.05, 4.69) is 18.7 Å². The van der Waals surface area contributed by atoms with Crippen LogP contribution in [0.25, 0.3) is 0 Å². The average Bonchev–Trinajstić information content (AvgIpc) is 2.56. The van der Waals surface area contributed by atoms with Crippen molar-refractivity contribution in [3.05, 3.63) is 0 Å². The minimum Gasteiger partial charge on any atom is -0.396 e. The Balaban J connectivity index is 1.70. The van der Waals surface area contributed by atoms with Crippen LogP contribution in [-0.2, 0) is 0 Å². The van der Waals surface area contributed by atoms with Crippen LogP contribution in [0.2, 0.25) is 0 Å². The highest BCUT2D eigenvalue weighted by Gasteiger charge is 2.34. The molecule has 0 aromatic carbocycles.